The summed E-state index contributed by atoms with van der Waals surface area (Å²) in [7, 11) is 0. The topological polar surface area (TPSA) is 44.4 Å². The third-order valence-corrected chi connectivity index (χ3v) is 4.61. The normalized spacial score (nSPS) is 21.8. The van der Waals surface area contributed by atoms with Crippen molar-refractivity contribution in [3.63, 3.8) is 0 Å². The molecule has 0 bridgehead atoms. The zero-order valence-corrected chi connectivity index (χ0v) is 14.1. The maximum Gasteiger partial charge on any atom is 0.244 e. The van der Waals surface area contributed by atoms with Crippen molar-refractivity contribution in [2.24, 2.45) is 0 Å². The van der Waals surface area contributed by atoms with Gasteiger partial charge in [0, 0.05) is 12.2 Å². The number of piperidine rings is 1. The molecule has 1 atom stereocenters. The fourth-order valence-electron chi connectivity index (χ4n) is 2.97. The molecule has 4 heteroatoms. The molecule has 2 N–H and O–H groups in total. The van der Waals surface area contributed by atoms with E-state index >= 15 is 0 Å². The van der Waals surface area contributed by atoms with Crippen LogP contribution in [0.5, 0.6) is 0 Å². The van der Waals surface area contributed by atoms with E-state index in [9.17, 15) is 4.79 Å². The zero-order valence-electron chi connectivity index (χ0n) is 14.1. The molecule has 1 saturated heterocycles. The van der Waals surface area contributed by atoms with Crippen LogP contribution >= 0.6 is 0 Å². The number of rotatable bonds is 6. The molecule has 1 aromatic carbocycles. The van der Waals surface area contributed by atoms with E-state index in [1.54, 1.807) is 0 Å². The molecule has 122 valence electrons. The van der Waals surface area contributed by atoms with Gasteiger partial charge in [0.15, 0.2) is 0 Å². The summed E-state index contributed by atoms with van der Waals surface area (Å²) >= 11 is 0. The molecule has 1 unspecified atom stereocenters. The van der Waals surface area contributed by atoms with E-state index in [0.29, 0.717) is 0 Å². The summed E-state index contributed by atoms with van der Waals surface area (Å²) < 4.78 is 0. The van der Waals surface area contributed by atoms with E-state index in [1.165, 1.54) is 5.56 Å². The molecule has 1 aliphatic heterocycles. The Morgan fingerprint density at radius 3 is 2.73 bits per heavy atom. The molecule has 22 heavy (non-hydrogen) atoms. The van der Waals surface area contributed by atoms with Crippen LogP contribution in [0.3, 0.4) is 0 Å². The van der Waals surface area contributed by atoms with Gasteiger partial charge in [-0.15, -0.1) is 0 Å². The lowest BCUT2D eigenvalue weighted by atomic mass is 9.90. The molecule has 1 aromatic rings. The maximum atomic E-state index is 12.6. The third-order valence-electron chi connectivity index (χ3n) is 4.61. The van der Waals surface area contributed by atoms with Crippen molar-refractivity contribution in [2.75, 3.05) is 25.0 Å². The Balaban J connectivity index is 2.02. The van der Waals surface area contributed by atoms with Gasteiger partial charge in [-0.1, -0.05) is 26.0 Å². The Bertz CT molecular complexity index is 491. The average Bonchev–Trinajstić information content (AvgIpc) is 2.53. The predicted molar refractivity (Wildman–Crippen MR) is 92.0 cm³/mol. The van der Waals surface area contributed by atoms with Crippen LogP contribution in [0.4, 0.5) is 5.69 Å². The number of carbonyl (C=O) groups excluding carboxylic acids is 1. The number of anilines is 1. The molecule has 0 aliphatic carbocycles. The van der Waals surface area contributed by atoms with Crippen molar-refractivity contribution in [1.82, 2.24) is 10.2 Å². The van der Waals surface area contributed by atoms with Gasteiger partial charge in [-0.05, 0) is 63.5 Å². The molecule has 2 rings (SSSR count). The zero-order chi connectivity index (χ0) is 16.0. The summed E-state index contributed by atoms with van der Waals surface area (Å²) in [5, 5.41) is 6.44. The van der Waals surface area contributed by atoms with Crippen LogP contribution in [0.2, 0.25) is 0 Å². The largest absolute Gasteiger partial charge is 0.324 e. The molecule has 1 amide bonds. The smallest absolute Gasteiger partial charge is 0.244 e. The Labute approximate surface area is 134 Å². The second-order valence-electron chi connectivity index (χ2n) is 6.33. The number of nitrogens with zero attached hydrogens (tertiary/aromatic N) is 1. The van der Waals surface area contributed by atoms with Gasteiger partial charge in [0.2, 0.25) is 5.91 Å². The molecule has 0 saturated carbocycles. The van der Waals surface area contributed by atoms with Crippen molar-refractivity contribution in [3.05, 3.63) is 29.8 Å². The molecular weight excluding hydrogens is 274 g/mol. The van der Waals surface area contributed by atoms with Crippen molar-refractivity contribution in [3.8, 4) is 0 Å². The van der Waals surface area contributed by atoms with Gasteiger partial charge in [0.05, 0.1) is 5.54 Å². The van der Waals surface area contributed by atoms with Crippen LogP contribution < -0.4 is 10.6 Å². The van der Waals surface area contributed by atoms with Crippen LogP contribution in [0, 0.1) is 0 Å². The Morgan fingerprint density at radius 1 is 1.32 bits per heavy atom. The minimum atomic E-state index is -0.437. The highest BCUT2D eigenvalue weighted by molar-refractivity contribution is 5.97. The number of hydrogen-bond donors (Lipinski definition) is 2. The Hall–Kier alpha value is -1.39. The number of amides is 1. The van der Waals surface area contributed by atoms with Crippen LogP contribution in [0.25, 0.3) is 0 Å². The second-order valence-corrected chi connectivity index (χ2v) is 6.33. The highest BCUT2D eigenvalue weighted by Gasteiger charge is 2.34. The van der Waals surface area contributed by atoms with Gasteiger partial charge in [-0.2, -0.15) is 0 Å². The van der Waals surface area contributed by atoms with Crippen LogP contribution in [0.1, 0.15) is 45.6 Å². The van der Waals surface area contributed by atoms with Gasteiger partial charge in [0.25, 0.3) is 0 Å². The van der Waals surface area contributed by atoms with E-state index < -0.39 is 5.54 Å². The highest BCUT2D eigenvalue weighted by Crippen LogP contribution is 2.21. The van der Waals surface area contributed by atoms with Crippen molar-refractivity contribution in [2.45, 2.75) is 52.1 Å². The molecule has 4 nitrogen and oxygen atoms in total. The van der Waals surface area contributed by atoms with Gasteiger partial charge < -0.3 is 10.6 Å². The molecule has 1 heterocycles. The molecule has 1 fully saturated rings. The van der Waals surface area contributed by atoms with Gasteiger partial charge in [0.1, 0.15) is 0 Å². The first-order chi connectivity index (χ1) is 10.6. The maximum absolute atomic E-state index is 12.6. The fraction of sp³-hybridized carbons (Fsp3) is 0.611. The number of carbonyl (C=O) groups is 1. The summed E-state index contributed by atoms with van der Waals surface area (Å²) in [5.41, 5.74) is 1.69. The second kappa shape index (κ2) is 7.75. The molecule has 0 aromatic heterocycles. The van der Waals surface area contributed by atoms with Crippen LogP contribution in [-0.4, -0.2) is 36.0 Å². The Morgan fingerprint density at radius 2 is 2.09 bits per heavy atom. The van der Waals surface area contributed by atoms with E-state index in [2.05, 4.69) is 41.5 Å². The highest BCUT2D eigenvalue weighted by atomic mass is 16.2. The predicted octanol–water partition coefficient (Wildman–Crippen LogP) is 3.00. The third kappa shape index (κ3) is 4.31. The number of benzene rings is 1. The molecule has 1 aliphatic rings. The lowest BCUT2D eigenvalue weighted by Gasteiger charge is -2.33. The van der Waals surface area contributed by atoms with E-state index in [0.717, 1.165) is 51.1 Å². The first kappa shape index (κ1) is 17.0. The summed E-state index contributed by atoms with van der Waals surface area (Å²) in [4.78, 5) is 14.9. The summed E-state index contributed by atoms with van der Waals surface area (Å²) in [6.07, 6.45) is 3.17. The standard InChI is InChI=1S/C18H29N3O/c1-4-21(5-2)14-15-9-8-10-16(13-15)20-17(22)18(3)11-6-7-12-19-18/h8-10,13,19H,4-7,11-12,14H2,1-3H3,(H,20,22). The summed E-state index contributed by atoms with van der Waals surface area (Å²) in [6.45, 7) is 10.3. The first-order valence-corrected chi connectivity index (χ1v) is 8.45. The SMILES string of the molecule is CCN(CC)Cc1cccc(NC(=O)C2(C)CCCCN2)c1. The molecular formula is C18H29N3O. The number of hydrogen-bond acceptors (Lipinski definition) is 3. The minimum absolute atomic E-state index is 0.0761. The van der Waals surface area contributed by atoms with Crippen molar-refractivity contribution < 1.29 is 4.79 Å². The fourth-order valence-corrected chi connectivity index (χ4v) is 2.97. The minimum Gasteiger partial charge on any atom is -0.324 e. The quantitative estimate of drug-likeness (QED) is 0.849. The first-order valence-electron chi connectivity index (χ1n) is 8.45. The van der Waals surface area contributed by atoms with Gasteiger partial charge in [-0.3, -0.25) is 9.69 Å². The van der Waals surface area contributed by atoms with Crippen molar-refractivity contribution >= 4 is 11.6 Å². The van der Waals surface area contributed by atoms with Crippen molar-refractivity contribution in [1.29, 1.82) is 0 Å². The van der Waals surface area contributed by atoms with E-state index in [1.807, 2.05) is 19.1 Å². The monoisotopic (exact) mass is 303 g/mol. The van der Waals surface area contributed by atoms with Gasteiger partial charge in [-0.25, -0.2) is 0 Å². The molecule has 0 spiro atoms. The summed E-state index contributed by atoms with van der Waals surface area (Å²) in [5.74, 6) is 0.0761. The van der Waals surface area contributed by atoms with Crippen LogP contribution in [-0.2, 0) is 11.3 Å². The lowest BCUT2D eigenvalue weighted by molar-refractivity contribution is -0.122. The lowest BCUT2D eigenvalue weighted by Crippen LogP contribution is -2.54. The molecule has 0 radical (unpaired) electrons. The summed E-state index contributed by atoms with van der Waals surface area (Å²) in [6, 6.07) is 8.19. The van der Waals surface area contributed by atoms with Gasteiger partial charge >= 0.3 is 0 Å². The van der Waals surface area contributed by atoms with Crippen LogP contribution in [0.15, 0.2) is 24.3 Å². The number of nitrogens with one attached hydrogen (secondary N) is 2. The Kier molecular flexibility index (Phi) is 5.98. The average molecular weight is 303 g/mol. The van der Waals surface area contributed by atoms with E-state index in [-0.39, 0.29) is 5.91 Å². The van der Waals surface area contributed by atoms with E-state index in [4.69, 9.17) is 0 Å².